The first-order chi connectivity index (χ1) is 12.5. The van der Waals surface area contributed by atoms with Crippen molar-refractivity contribution in [3.05, 3.63) is 71.4 Å². The molecule has 0 N–H and O–H groups in total. The highest BCUT2D eigenvalue weighted by Gasteiger charge is 2.26. The lowest BCUT2D eigenvalue weighted by Crippen LogP contribution is -2.30. The number of hydrogen-bond acceptors (Lipinski definition) is 2. The van der Waals surface area contributed by atoms with E-state index < -0.39 is 11.6 Å². The van der Waals surface area contributed by atoms with Crippen LogP contribution in [0.3, 0.4) is 0 Å². The van der Waals surface area contributed by atoms with E-state index in [0.29, 0.717) is 6.54 Å². The van der Waals surface area contributed by atoms with Gasteiger partial charge in [0, 0.05) is 36.6 Å². The number of aromatic nitrogens is 2. The van der Waals surface area contributed by atoms with Gasteiger partial charge in [0.25, 0.3) is 0 Å². The van der Waals surface area contributed by atoms with Crippen molar-refractivity contribution >= 4 is 11.6 Å². The highest BCUT2D eigenvalue weighted by Crippen LogP contribution is 2.32. The van der Waals surface area contributed by atoms with E-state index in [9.17, 15) is 13.6 Å². The van der Waals surface area contributed by atoms with Crippen molar-refractivity contribution in [2.45, 2.75) is 12.8 Å². The molecule has 4 nitrogen and oxygen atoms in total. The van der Waals surface area contributed by atoms with Gasteiger partial charge in [-0.05, 0) is 48.4 Å². The molecule has 0 spiro atoms. The molecule has 2 heterocycles. The van der Waals surface area contributed by atoms with Gasteiger partial charge in [-0.1, -0.05) is 6.07 Å². The third-order valence-electron chi connectivity index (χ3n) is 4.63. The molecule has 0 saturated carbocycles. The molecule has 0 bridgehead atoms. The van der Waals surface area contributed by atoms with Gasteiger partial charge in [0.15, 0.2) is 0 Å². The van der Waals surface area contributed by atoms with Gasteiger partial charge >= 0.3 is 0 Å². The molecule has 1 amide bonds. The molecule has 26 heavy (non-hydrogen) atoms. The smallest absolute Gasteiger partial charge is 0.231 e. The van der Waals surface area contributed by atoms with Gasteiger partial charge < -0.3 is 4.90 Å². The van der Waals surface area contributed by atoms with Crippen molar-refractivity contribution in [2.75, 3.05) is 11.4 Å². The van der Waals surface area contributed by atoms with Crippen LogP contribution in [0, 0.1) is 11.6 Å². The fourth-order valence-electron chi connectivity index (χ4n) is 3.33. The standard InChI is InChI=1S/C20H17F2N3O/c1-24-8-7-18(23-24)13-2-5-19-14(10-13)6-9-25(19)20(26)12-15-11-16(21)3-4-17(15)22/h2-5,7-8,10-11H,6,9,12H2,1H3. The number of hydrogen-bond donors (Lipinski definition) is 0. The Morgan fingerprint density at radius 3 is 2.77 bits per heavy atom. The summed E-state index contributed by atoms with van der Waals surface area (Å²) in [7, 11) is 1.86. The maximum Gasteiger partial charge on any atom is 0.231 e. The Kier molecular flexibility index (Phi) is 4.03. The number of amides is 1. The molecule has 0 unspecified atom stereocenters. The SMILES string of the molecule is Cn1ccc(-c2ccc3c(c2)CCN3C(=O)Cc2cc(F)ccc2F)n1. The molecule has 2 aromatic carbocycles. The predicted octanol–water partition coefficient (Wildman–Crippen LogP) is 3.50. The molecule has 0 fully saturated rings. The quantitative estimate of drug-likeness (QED) is 0.723. The topological polar surface area (TPSA) is 38.1 Å². The minimum atomic E-state index is -0.565. The Labute approximate surface area is 149 Å². The maximum atomic E-state index is 13.8. The van der Waals surface area contributed by atoms with Crippen molar-refractivity contribution in [1.82, 2.24) is 9.78 Å². The summed E-state index contributed by atoms with van der Waals surface area (Å²) in [4.78, 5) is 14.3. The zero-order valence-electron chi connectivity index (χ0n) is 14.2. The first-order valence-corrected chi connectivity index (χ1v) is 8.38. The molecule has 4 rings (SSSR count). The van der Waals surface area contributed by atoms with Crippen LogP contribution in [-0.4, -0.2) is 22.2 Å². The second kappa shape index (κ2) is 6.37. The molecule has 1 aromatic heterocycles. The van der Waals surface area contributed by atoms with Crippen LogP contribution < -0.4 is 4.90 Å². The van der Waals surface area contributed by atoms with Crippen LogP contribution in [0.15, 0.2) is 48.7 Å². The number of benzene rings is 2. The van der Waals surface area contributed by atoms with E-state index in [1.807, 2.05) is 37.5 Å². The van der Waals surface area contributed by atoms with Crippen LogP contribution in [0.25, 0.3) is 11.3 Å². The third-order valence-corrected chi connectivity index (χ3v) is 4.63. The van der Waals surface area contributed by atoms with Crippen LogP contribution in [0.5, 0.6) is 0 Å². The van der Waals surface area contributed by atoms with Crippen LogP contribution in [0.1, 0.15) is 11.1 Å². The molecule has 1 aliphatic heterocycles. The van der Waals surface area contributed by atoms with Crippen LogP contribution >= 0.6 is 0 Å². The second-order valence-electron chi connectivity index (χ2n) is 6.43. The van der Waals surface area contributed by atoms with Gasteiger partial charge in [-0.25, -0.2) is 8.78 Å². The molecule has 0 saturated heterocycles. The fourth-order valence-corrected chi connectivity index (χ4v) is 3.33. The van der Waals surface area contributed by atoms with Gasteiger partial charge in [0.2, 0.25) is 5.91 Å². The predicted molar refractivity (Wildman–Crippen MR) is 94.8 cm³/mol. The number of aryl methyl sites for hydroxylation is 1. The Hall–Kier alpha value is -3.02. The van der Waals surface area contributed by atoms with E-state index in [-0.39, 0.29) is 17.9 Å². The van der Waals surface area contributed by atoms with Crippen molar-refractivity contribution < 1.29 is 13.6 Å². The molecule has 0 atom stereocenters. The molecule has 0 radical (unpaired) electrons. The summed E-state index contributed by atoms with van der Waals surface area (Å²) in [6, 6.07) is 11.0. The average molecular weight is 353 g/mol. The summed E-state index contributed by atoms with van der Waals surface area (Å²) in [6.07, 6.45) is 2.45. The molecule has 1 aliphatic rings. The molecular weight excluding hydrogens is 336 g/mol. The summed E-state index contributed by atoms with van der Waals surface area (Å²) in [5.41, 5.74) is 3.83. The lowest BCUT2D eigenvalue weighted by molar-refractivity contribution is -0.117. The first kappa shape index (κ1) is 16.4. The van der Waals surface area contributed by atoms with Crippen molar-refractivity contribution in [3.8, 4) is 11.3 Å². The largest absolute Gasteiger partial charge is 0.312 e. The Morgan fingerprint density at radius 1 is 1.15 bits per heavy atom. The van der Waals surface area contributed by atoms with E-state index in [1.165, 1.54) is 0 Å². The first-order valence-electron chi connectivity index (χ1n) is 8.38. The Morgan fingerprint density at radius 2 is 2.00 bits per heavy atom. The number of carbonyl (C=O) groups excluding carboxylic acids is 1. The zero-order chi connectivity index (χ0) is 18.3. The minimum Gasteiger partial charge on any atom is -0.312 e. The second-order valence-corrected chi connectivity index (χ2v) is 6.43. The summed E-state index contributed by atoms with van der Waals surface area (Å²) >= 11 is 0. The fraction of sp³-hybridized carbons (Fsp3) is 0.200. The number of rotatable bonds is 3. The lowest BCUT2D eigenvalue weighted by atomic mass is 10.1. The zero-order valence-corrected chi connectivity index (χ0v) is 14.2. The molecular formula is C20H17F2N3O. The summed E-state index contributed by atoms with van der Waals surface area (Å²) in [5, 5.41) is 4.39. The van der Waals surface area contributed by atoms with Crippen molar-refractivity contribution in [2.24, 2.45) is 7.05 Å². The highest BCUT2D eigenvalue weighted by molar-refractivity contribution is 5.97. The summed E-state index contributed by atoms with van der Waals surface area (Å²) in [5.74, 6) is -1.35. The molecule has 3 aromatic rings. The third kappa shape index (κ3) is 2.98. The number of carbonyl (C=O) groups is 1. The summed E-state index contributed by atoms with van der Waals surface area (Å²) in [6.45, 7) is 0.538. The monoisotopic (exact) mass is 353 g/mol. The van der Waals surface area contributed by atoms with Gasteiger partial charge in [-0.15, -0.1) is 0 Å². The molecule has 0 aliphatic carbocycles. The average Bonchev–Trinajstić information content (AvgIpc) is 3.23. The van der Waals surface area contributed by atoms with Gasteiger partial charge in [-0.3, -0.25) is 9.48 Å². The Balaban J connectivity index is 1.57. The van der Waals surface area contributed by atoms with Crippen LogP contribution in [-0.2, 0) is 24.7 Å². The van der Waals surface area contributed by atoms with E-state index in [4.69, 9.17) is 0 Å². The number of halogens is 2. The Bertz CT molecular complexity index is 996. The lowest BCUT2D eigenvalue weighted by Gasteiger charge is -2.18. The van der Waals surface area contributed by atoms with E-state index in [0.717, 1.165) is 47.1 Å². The van der Waals surface area contributed by atoms with Gasteiger partial charge in [-0.2, -0.15) is 5.10 Å². The van der Waals surface area contributed by atoms with Gasteiger partial charge in [0.1, 0.15) is 11.6 Å². The number of fused-ring (bicyclic) bond motifs is 1. The number of nitrogens with zero attached hydrogens (tertiary/aromatic N) is 3. The van der Waals surface area contributed by atoms with E-state index in [1.54, 1.807) is 9.58 Å². The van der Waals surface area contributed by atoms with Gasteiger partial charge in [0.05, 0.1) is 12.1 Å². The van der Waals surface area contributed by atoms with Crippen LogP contribution in [0.2, 0.25) is 0 Å². The summed E-state index contributed by atoms with van der Waals surface area (Å²) < 4.78 is 28.9. The van der Waals surface area contributed by atoms with E-state index >= 15 is 0 Å². The van der Waals surface area contributed by atoms with E-state index in [2.05, 4.69) is 5.10 Å². The molecule has 132 valence electrons. The van der Waals surface area contributed by atoms with Crippen molar-refractivity contribution in [1.29, 1.82) is 0 Å². The van der Waals surface area contributed by atoms with Crippen molar-refractivity contribution in [3.63, 3.8) is 0 Å². The maximum absolute atomic E-state index is 13.8. The van der Waals surface area contributed by atoms with Crippen LogP contribution in [0.4, 0.5) is 14.5 Å². The normalized spacial score (nSPS) is 13.1. The minimum absolute atomic E-state index is 0.0774. The molecule has 6 heteroatoms. The number of anilines is 1. The highest BCUT2D eigenvalue weighted by atomic mass is 19.1.